The molecule has 0 aliphatic carbocycles. The summed E-state index contributed by atoms with van der Waals surface area (Å²) in [6.45, 7) is 11.6. The summed E-state index contributed by atoms with van der Waals surface area (Å²) in [6.07, 6.45) is 6.04. The summed E-state index contributed by atoms with van der Waals surface area (Å²) in [5.41, 5.74) is 25.3. The topological polar surface area (TPSA) is 42.6 Å². The molecule has 0 saturated heterocycles. The maximum Gasteiger partial charge on any atom is 0.252 e. The average Bonchev–Trinajstić information content (AvgIpc) is 2.61. The molecule has 6 nitrogen and oxygen atoms in total. The van der Waals surface area contributed by atoms with Gasteiger partial charge in [-0.05, 0) is 161 Å². The molecule has 0 radical (unpaired) electrons. The number of anilines is 6. The first-order chi connectivity index (χ1) is 41.7. The molecule has 0 saturated carbocycles. The smallest absolute Gasteiger partial charge is 0.252 e. The van der Waals surface area contributed by atoms with Gasteiger partial charge in [0.2, 0.25) is 0 Å². The molecule has 17 rings (SSSR count). The molecule has 0 atom stereocenters. The summed E-state index contributed by atoms with van der Waals surface area (Å²) in [5, 5.41) is 9.49. The Morgan fingerprint density at radius 2 is 0.729 bits per heavy atom. The standard InChI is InChI=1S/C78H63BN4O2/c1-6-8-22-48-40-75-59(57-28-14-20-34-73(57)84-75)46-67(48)82-69-44-51(80-63-30-16-10-24-53(63)54-25-11-17-31-64(54)80)36-38-61(69)79-62-39-37-52(81-65-32-18-12-26-55(65)56-27-13-19-33-66(56)81)45-70(62)83(72-43-50(78(3,4)5)42-71(82)77(72)79)68-47-60-58-29-15-21-35-74(58)85-76(60)41-49(68)23-9-7-2/h10-21,24-47H,6-9,22-23H2,1-5H3. The molecule has 0 fully saturated rings. The molecule has 410 valence electrons. The van der Waals surface area contributed by atoms with Crippen LogP contribution in [0.2, 0.25) is 0 Å². The SMILES string of the molecule is CCCCc1cc2oc3ccccc3c2cc1N1c2cc(-n3c4ccccc4c4ccccc43)ccc2B2c3ccc(-n4c5ccccc5c5ccccc54)cc3N(c3cc4c(cc3CCCC)oc3ccccc34)c3cc(C(C)(C)C)cc1c32. The number of benzene rings is 11. The molecule has 0 amide bonds. The van der Waals surface area contributed by atoms with Gasteiger partial charge in [-0.1, -0.05) is 169 Å². The molecule has 4 aromatic heterocycles. The van der Waals surface area contributed by atoms with E-state index < -0.39 is 0 Å². The van der Waals surface area contributed by atoms with Gasteiger partial charge in [0.15, 0.2) is 0 Å². The lowest BCUT2D eigenvalue weighted by molar-refractivity contribution is 0.590. The van der Waals surface area contributed by atoms with Crippen LogP contribution in [0.3, 0.4) is 0 Å². The van der Waals surface area contributed by atoms with E-state index in [1.165, 1.54) is 111 Å². The number of aryl methyl sites for hydroxylation is 2. The monoisotopic (exact) mass is 1100 g/mol. The summed E-state index contributed by atoms with van der Waals surface area (Å²) in [5.74, 6) is 0. The van der Waals surface area contributed by atoms with Crippen molar-refractivity contribution in [2.24, 2.45) is 0 Å². The van der Waals surface area contributed by atoms with Gasteiger partial charge in [0.1, 0.15) is 22.3 Å². The van der Waals surface area contributed by atoms with E-state index in [0.29, 0.717) is 0 Å². The van der Waals surface area contributed by atoms with Gasteiger partial charge in [-0.2, -0.15) is 0 Å². The van der Waals surface area contributed by atoms with E-state index in [1.807, 2.05) is 0 Å². The second-order valence-corrected chi connectivity index (χ2v) is 24.9. The van der Waals surface area contributed by atoms with Crippen LogP contribution in [0.4, 0.5) is 34.1 Å². The highest BCUT2D eigenvalue weighted by molar-refractivity contribution is 7.00. The molecule has 15 aromatic rings. The van der Waals surface area contributed by atoms with Crippen LogP contribution in [0.1, 0.15) is 77.0 Å². The minimum atomic E-state index is -0.236. The summed E-state index contributed by atoms with van der Waals surface area (Å²) in [4.78, 5) is 5.37. The van der Waals surface area contributed by atoms with E-state index in [4.69, 9.17) is 8.83 Å². The summed E-state index contributed by atoms with van der Waals surface area (Å²) in [6, 6.07) is 82.3. The van der Waals surface area contributed by atoms with Crippen molar-refractivity contribution in [1.82, 2.24) is 9.13 Å². The van der Waals surface area contributed by atoms with Crippen LogP contribution in [0, 0.1) is 0 Å². The fraction of sp³-hybridized carbons (Fsp3) is 0.154. The van der Waals surface area contributed by atoms with Crippen molar-refractivity contribution >= 4 is 145 Å². The van der Waals surface area contributed by atoms with Gasteiger partial charge in [0, 0.05) is 77.2 Å². The number of unbranched alkanes of at least 4 members (excludes halogenated alkanes) is 2. The predicted molar refractivity (Wildman–Crippen MR) is 360 cm³/mol. The Morgan fingerprint density at radius 3 is 1.12 bits per heavy atom. The molecule has 2 aliphatic heterocycles. The Balaban J connectivity index is 1.02. The van der Waals surface area contributed by atoms with E-state index in [2.05, 4.69) is 272 Å². The van der Waals surface area contributed by atoms with Crippen LogP contribution in [-0.4, -0.2) is 15.8 Å². The van der Waals surface area contributed by atoms with Crippen LogP contribution < -0.4 is 26.2 Å². The Morgan fingerprint density at radius 1 is 0.353 bits per heavy atom. The Bertz CT molecular complexity index is 4830. The van der Waals surface area contributed by atoms with Gasteiger partial charge in [-0.3, -0.25) is 0 Å². The number of rotatable bonds is 10. The average molecular weight is 1100 g/mol. The van der Waals surface area contributed by atoms with Crippen LogP contribution in [0.25, 0.3) is 98.9 Å². The molecule has 0 bridgehead atoms. The molecular weight excluding hydrogens is 1040 g/mol. The van der Waals surface area contributed by atoms with Crippen LogP contribution >= 0.6 is 0 Å². The minimum absolute atomic E-state index is 0.133. The second-order valence-electron chi connectivity index (χ2n) is 24.9. The first-order valence-electron chi connectivity index (χ1n) is 30.6. The normalized spacial score (nSPS) is 13.2. The van der Waals surface area contributed by atoms with E-state index in [0.717, 1.165) is 93.8 Å². The Kier molecular flexibility index (Phi) is 11.1. The molecular formula is C78H63BN4O2. The molecule has 2 aliphatic rings. The lowest BCUT2D eigenvalue weighted by Gasteiger charge is -2.46. The molecule has 85 heavy (non-hydrogen) atoms. The maximum atomic E-state index is 6.77. The molecule has 0 unspecified atom stereocenters. The van der Waals surface area contributed by atoms with Crippen LogP contribution in [0.15, 0.2) is 227 Å². The van der Waals surface area contributed by atoms with Crippen molar-refractivity contribution in [3.63, 3.8) is 0 Å². The van der Waals surface area contributed by atoms with Gasteiger partial charge in [0.05, 0.1) is 33.4 Å². The summed E-state index contributed by atoms with van der Waals surface area (Å²) >= 11 is 0. The third kappa shape index (κ3) is 7.45. The number of nitrogens with zero attached hydrogens (tertiary/aromatic N) is 4. The number of fused-ring (bicyclic) bond motifs is 16. The van der Waals surface area contributed by atoms with Gasteiger partial charge in [-0.15, -0.1) is 0 Å². The van der Waals surface area contributed by atoms with Crippen molar-refractivity contribution in [3.05, 3.63) is 235 Å². The maximum absolute atomic E-state index is 6.77. The van der Waals surface area contributed by atoms with Gasteiger partial charge in [-0.25, -0.2) is 0 Å². The van der Waals surface area contributed by atoms with Gasteiger partial charge >= 0.3 is 0 Å². The highest BCUT2D eigenvalue weighted by Crippen LogP contribution is 2.51. The largest absolute Gasteiger partial charge is 0.456 e. The number of furan rings is 2. The van der Waals surface area contributed by atoms with Gasteiger partial charge in [0.25, 0.3) is 6.71 Å². The third-order valence-corrected chi connectivity index (χ3v) is 18.8. The zero-order valence-electron chi connectivity index (χ0n) is 48.7. The number of hydrogen-bond acceptors (Lipinski definition) is 4. The Hall–Kier alpha value is -9.72. The summed E-state index contributed by atoms with van der Waals surface area (Å²) in [7, 11) is 0. The number of aromatic nitrogens is 2. The van der Waals surface area contributed by atoms with Crippen LogP contribution in [-0.2, 0) is 18.3 Å². The molecule has 7 heteroatoms. The molecule has 0 spiro atoms. The van der Waals surface area contributed by atoms with E-state index >= 15 is 0 Å². The van der Waals surface area contributed by atoms with E-state index in [1.54, 1.807) is 0 Å². The third-order valence-electron chi connectivity index (χ3n) is 18.8. The zero-order chi connectivity index (χ0) is 56.8. The fourth-order valence-electron chi connectivity index (χ4n) is 14.8. The summed E-state index contributed by atoms with van der Waals surface area (Å²) < 4.78 is 18.5. The highest BCUT2D eigenvalue weighted by atomic mass is 16.3. The first kappa shape index (κ1) is 49.9. The quantitative estimate of drug-likeness (QED) is 0.128. The fourth-order valence-corrected chi connectivity index (χ4v) is 14.8. The number of hydrogen-bond donors (Lipinski definition) is 0. The van der Waals surface area contributed by atoms with Crippen molar-refractivity contribution in [2.45, 2.75) is 78.6 Å². The minimum Gasteiger partial charge on any atom is -0.456 e. The van der Waals surface area contributed by atoms with Crippen molar-refractivity contribution in [2.75, 3.05) is 9.80 Å². The van der Waals surface area contributed by atoms with Crippen molar-refractivity contribution < 1.29 is 8.83 Å². The first-order valence-corrected chi connectivity index (χ1v) is 30.6. The Labute approximate surface area is 494 Å². The lowest BCUT2D eigenvalue weighted by Crippen LogP contribution is -2.61. The van der Waals surface area contributed by atoms with E-state index in [-0.39, 0.29) is 12.1 Å². The van der Waals surface area contributed by atoms with Crippen molar-refractivity contribution in [1.29, 1.82) is 0 Å². The second kappa shape index (κ2) is 18.9. The van der Waals surface area contributed by atoms with Crippen molar-refractivity contribution in [3.8, 4) is 11.4 Å². The molecule has 6 heterocycles. The molecule has 0 N–H and O–H groups in total. The lowest BCUT2D eigenvalue weighted by atomic mass is 9.33. The highest BCUT2D eigenvalue weighted by Gasteiger charge is 2.45. The van der Waals surface area contributed by atoms with Gasteiger partial charge < -0.3 is 27.8 Å². The van der Waals surface area contributed by atoms with Crippen LogP contribution in [0.5, 0.6) is 0 Å². The van der Waals surface area contributed by atoms with E-state index in [9.17, 15) is 0 Å². The zero-order valence-corrected chi connectivity index (χ0v) is 48.7. The molecule has 11 aromatic carbocycles. The predicted octanol–water partition coefficient (Wildman–Crippen LogP) is 19.7. The number of para-hydroxylation sites is 6.